The fourth-order valence-electron chi connectivity index (χ4n) is 4.52. The molecule has 0 radical (unpaired) electrons. The molecule has 1 aromatic carbocycles. The summed E-state index contributed by atoms with van der Waals surface area (Å²) in [5, 5.41) is 0. The van der Waals surface area contributed by atoms with Crippen LogP contribution in [0.3, 0.4) is 0 Å². The second kappa shape index (κ2) is 10.6. The molecule has 1 aromatic heterocycles. The first-order valence-corrected chi connectivity index (χ1v) is 11.6. The number of nitrogens with zero attached hydrogens (tertiary/aromatic N) is 4. The summed E-state index contributed by atoms with van der Waals surface area (Å²) in [6, 6.07) is 5.52. The standard InChI is InChI=1S/C27H31N5O3/c1-31(2)10-5-6-24(33)32-11-9-20(16-32)23-14-19(25-26(23)29-17-30-27(25)28)8-7-18-12-21(34-3)15-22(13-18)35-4/h5-6,12-15,17,20,23H,9-11,16H2,1-4H3,(H2,28,29,30)/b6-5+/t20-,23?/m0/s1. The van der Waals surface area contributed by atoms with Gasteiger partial charge in [-0.1, -0.05) is 24.0 Å². The zero-order valence-electron chi connectivity index (χ0n) is 20.6. The van der Waals surface area contributed by atoms with Crippen LogP contribution in [0.1, 0.15) is 29.2 Å². The van der Waals surface area contributed by atoms with Gasteiger partial charge in [-0.2, -0.15) is 0 Å². The number of nitrogens with two attached hydrogens (primary N) is 1. The molecule has 0 saturated carbocycles. The van der Waals surface area contributed by atoms with Crippen molar-refractivity contribution >= 4 is 17.3 Å². The highest BCUT2D eigenvalue weighted by atomic mass is 16.5. The van der Waals surface area contributed by atoms with Gasteiger partial charge >= 0.3 is 0 Å². The summed E-state index contributed by atoms with van der Waals surface area (Å²) in [5.41, 5.74) is 9.50. The van der Waals surface area contributed by atoms with E-state index in [0.29, 0.717) is 23.9 Å². The summed E-state index contributed by atoms with van der Waals surface area (Å²) in [5.74, 6) is 8.55. The van der Waals surface area contributed by atoms with Crippen LogP contribution in [0.2, 0.25) is 0 Å². The number of likely N-dealkylation sites (tertiary alicyclic amines) is 1. The molecule has 1 saturated heterocycles. The van der Waals surface area contributed by atoms with Gasteiger partial charge in [-0.25, -0.2) is 9.97 Å². The van der Waals surface area contributed by atoms with Gasteiger partial charge in [0.2, 0.25) is 5.91 Å². The SMILES string of the molecule is COc1cc(C#CC2=CC([C@H]3CCN(C(=O)/C=C/CN(C)C)C3)c3ncnc(N)c32)cc(OC)c1. The minimum absolute atomic E-state index is 0.0306. The van der Waals surface area contributed by atoms with Crippen molar-refractivity contribution in [3.8, 4) is 23.3 Å². The van der Waals surface area contributed by atoms with Crippen molar-refractivity contribution in [2.24, 2.45) is 5.92 Å². The number of methoxy groups -OCH3 is 2. The number of carbonyl (C=O) groups is 1. The zero-order valence-corrected chi connectivity index (χ0v) is 20.6. The van der Waals surface area contributed by atoms with Crippen LogP contribution in [0, 0.1) is 17.8 Å². The average Bonchev–Trinajstić information content (AvgIpc) is 3.48. The number of aromatic nitrogens is 2. The van der Waals surface area contributed by atoms with Crippen LogP contribution in [-0.4, -0.2) is 73.6 Å². The molecule has 1 fully saturated rings. The number of likely N-dealkylation sites (N-methyl/N-ethyl adjacent to an activating group) is 1. The highest BCUT2D eigenvalue weighted by Gasteiger charge is 2.37. The number of carbonyl (C=O) groups excluding carboxylic acids is 1. The van der Waals surface area contributed by atoms with Crippen LogP contribution in [0.15, 0.2) is 42.8 Å². The number of amides is 1. The quantitative estimate of drug-likeness (QED) is 0.509. The van der Waals surface area contributed by atoms with Crippen molar-refractivity contribution in [2.45, 2.75) is 12.3 Å². The van der Waals surface area contributed by atoms with E-state index in [1.807, 2.05) is 42.1 Å². The maximum absolute atomic E-state index is 12.6. The maximum Gasteiger partial charge on any atom is 0.246 e. The summed E-state index contributed by atoms with van der Waals surface area (Å²) in [6.45, 7) is 2.13. The van der Waals surface area contributed by atoms with Gasteiger partial charge in [0.25, 0.3) is 0 Å². The first kappa shape index (κ1) is 24.3. The summed E-state index contributed by atoms with van der Waals surface area (Å²) in [7, 11) is 7.17. The van der Waals surface area contributed by atoms with E-state index in [4.69, 9.17) is 15.2 Å². The van der Waals surface area contributed by atoms with Gasteiger partial charge in [-0.3, -0.25) is 4.79 Å². The number of fused-ring (bicyclic) bond motifs is 1. The molecule has 0 spiro atoms. The molecule has 2 aromatic rings. The maximum atomic E-state index is 12.6. The minimum atomic E-state index is 0.0306. The first-order chi connectivity index (χ1) is 16.9. The number of rotatable bonds is 6. The molecule has 2 N–H and O–H groups in total. The van der Waals surface area contributed by atoms with E-state index in [2.05, 4.69) is 27.9 Å². The molecule has 1 aliphatic carbocycles. The third-order valence-corrected chi connectivity index (χ3v) is 6.31. The van der Waals surface area contributed by atoms with E-state index >= 15 is 0 Å². The van der Waals surface area contributed by atoms with Gasteiger partial charge in [-0.15, -0.1) is 0 Å². The molecule has 8 nitrogen and oxygen atoms in total. The number of anilines is 1. The molecule has 8 heteroatoms. The average molecular weight is 474 g/mol. The van der Waals surface area contributed by atoms with Crippen LogP contribution in [0.25, 0.3) is 5.57 Å². The Kier molecular flexibility index (Phi) is 7.37. The van der Waals surface area contributed by atoms with Crippen LogP contribution in [-0.2, 0) is 4.79 Å². The van der Waals surface area contributed by atoms with Crippen LogP contribution in [0.4, 0.5) is 5.82 Å². The molecule has 4 rings (SSSR count). The van der Waals surface area contributed by atoms with Crippen molar-refractivity contribution in [1.82, 2.24) is 19.8 Å². The Morgan fingerprint density at radius 1 is 1.20 bits per heavy atom. The number of allylic oxidation sites excluding steroid dienone is 2. The molecule has 1 unspecified atom stereocenters. The Balaban J connectivity index is 1.58. The Bertz CT molecular complexity index is 1200. The van der Waals surface area contributed by atoms with Crippen LogP contribution < -0.4 is 15.2 Å². The summed E-state index contributed by atoms with van der Waals surface area (Å²) >= 11 is 0. The number of ether oxygens (including phenoxy) is 2. The lowest BCUT2D eigenvalue weighted by atomic mass is 9.90. The largest absolute Gasteiger partial charge is 0.497 e. The Morgan fingerprint density at radius 2 is 1.94 bits per heavy atom. The van der Waals surface area contributed by atoms with Crippen molar-refractivity contribution in [3.63, 3.8) is 0 Å². The smallest absolute Gasteiger partial charge is 0.246 e. The van der Waals surface area contributed by atoms with Crippen molar-refractivity contribution in [1.29, 1.82) is 0 Å². The summed E-state index contributed by atoms with van der Waals surface area (Å²) < 4.78 is 10.7. The molecule has 182 valence electrons. The number of benzene rings is 1. The lowest BCUT2D eigenvalue weighted by Gasteiger charge is -2.19. The molecule has 2 aliphatic rings. The van der Waals surface area contributed by atoms with E-state index in [1.165, 1.54) is 6.33 Å². The molecule has 2 atom stereocenters. The lowest BCUT2D eigenvalue weighted by Crippen LogP contribution is -2.28. The highest BCUT2D eigenvalue weighted by molar-refractivity contribution is 5.90. The van der Waals surface area contributed by atoms with E-state index in [1.54, 1.807) is 26.4 Å². The monoisotopic (exact) mass is 473 g/mol. The fourth-order valence-corrected chi connectivity index (χ4v) is 4.52. The minimum Gasteiger partial charge on any atom is -0.497 e. The molecule has 2 heterocycles. The lowest BCUT2D eigenvalue weighted by molar-refractivity contribution is -0.125. The Hall–Kier alpha value is -3.83. The molecule has 35 heavy (non-hydrogen) atoms. The molecule has 0 bridgehead atoms. The van der Waals surface area contributed by atoms with Gasteiger partial charge < -0.3 is 25.0 Å². The van der Waals surface area contributed by atoms with Gasteiger partial charge in [0.15, 0.2) is 0 Å². The van der Waals surface area contributed by atoms with Crippen molar-refractivity contribution in [3.05, 3.63) is 59.6 Å². The van der Waals surface area contributed by atoms with E-state index in [-0.39, 0.29) is 17.7 Å². The molecular weight excluding hydrogens is 442 g/mol. The normalized spacial score (nSPS) is 18.9. The molecular formula is C27H31N5O3. The van der Waals surface area contributed by atoms with E-state index < -0.39 is 0 Å². The van der Waals surface area contributed by atoms with Gasteiger partial charge in [0.1, 0.15) is 23.6 Å². The Morgan fingerprint density at radius 3 is 2.63 bits per heavy atom. The van der Waals surface area contributed by atoms with E-state index in [9.17, 15) is 4.79 Å². The topological polar surface area (TPSA) is 93.8 Å². The van der Waals surface area contributed by atoms with Crippen LogP contribution in [0.5, 0.6) is 11.5 Å². The second-order valence-corrected chi connectivity index (χ2v) is 8.97. The number of nitrogen functional groups attached to an aromatic ring is 1. The third-order valence-electron chi connectivity index (χ3n) is 6.31. The van der Waals surface area contributed by atoms with Crippen LogP contribution >= 0.6 is 0 Å². The van der Waals surface area contributed by atoms with Gasteiger partial charge in [0, 0.05) is 48.8 Å². The third kappa shape index (κ3) is 5.47. The summed E-state index contributed by atoms with van der Waals surface area (Å²) in [6.07, 6.45) is 8.09. The van der Waals surface area contributed by atoms with Crippen molar-refractivity contribution in [2.75, 3.05) is 53.7 Å². The summed E-state index contributed by atoms with van der Waals surface area (Å²) in [4.78, 5) is 25.3. The molecule has 1 aliphatic heterocycles. The van der Waals surface area contributed by atoms with Crippen molar-refractivity contribution < 1.29 is 14.3 Å². The molecule has 1 amide bonds. The second-order valence-electron chi connectivity index (χ2n) is 8.97. The first-order valence-electron chi connectivity index (χ1n) is 11.6. The number of hydrogen-bond acceptors (Lipinski definition) is 7. The number of hydrogen-bond donors (Lipinski definition) is 1. The van der Waals surface area contributed by atoms with Gasteiger partial charge in [0.05, 0.1) is 25.5 Å². The van der Waals surface area contributed by atoms with Gasteiger partial charge in [-0.05, 0) is 38.6 Å². The Labute approximate surface area is 206 Å². The fraction of sp³-hybridized carbons (Fsp3) is 0.370. The highest BCUT2D eigenvalue weighted by Crippen LogP contribution is 2.43. The van der Waals surface area contributed by atoms with E-state index in [0.717, 1.165) is 41.9 Å². The predicted octanol–water partition coefficient (Wildman–Crippen LogP) is 2.57. The predicted molar refractivity (Wildman–Crippen MR) is 136 cm³/mol. The zero-order chi connectivity index (χ0) is 24.9.